The molecule has 0 aliphatic carbocycles. The summed E-state index contributed by atoms with van der Waals surface area (Å²) in [6.07, 6.45) is -5.74. The molecular weight excluding hydrogens is 472 g/mol. The molecule has 0 aromatic heterocycles. The van der Waals surface area contributed by atoms with Gasteiger partial charge in [0.25, 0.3) is 0 Å². The maximum atomic E-state index is 13.2. The molecule has 1 aromatic rings. The van der Waals surface area contributed by atoms with Gasteiger partial charge in [-0.15, -0.1) is 0 Å². The van der Waals surface area contributed by atoms with Crippen LogP contribution in [0.1, 0.15) is 55.2 Å². The van der Waals surface area contributed by atoms with E-state index in [9.17, 15) is 35.9 Å². The molecule has 12 heteroatoms. The van der Waals surface area contributed by atoms with E-state index >= 15 is 0 Å². The van der Waals surface area contributed by atoms with Crippen molar-refractivity contribution in [1.29, 1.82) is 0 Å². The van der Waals surface area contributed by atoms with E-state index in [4.69, 9.17) is 9.57 Å². The van der Waals surface area contributed by atoms with Gasteiger partial charge in [-0.3, -0.25) is 4.79 Å². The van der Waals surface area contributed by atoms with Crippen LogP contribution in [-0.4, -0.2) is 37.5 Å². The van der Waals surface area contributed by atoms with Crippen molar-refractivity contribution in [3.05, 3.63) is 41.0 Å². The number of carbonyl (C=O) groups excluding carboxylic acids is 2. The molecule has 1 unspecified atom stereocenters. The van der Waals surface area contributed by atoms with Crippen LogP contribution in [0.15, 0.2) is 29.4 Å². The molecule has 34 heavy (non-hydrogen) atoms. The van der Waals surface area contributed by atoms with E-state index in [-0.39, 0.29) is 24.5 Å². The number of methoxy groups -OCH3 is 2. The summed E-state index contributed by atoms with van der Waals surface area (Å²) in [6, 6.07) is 1.50. The summed E-state index contributed by atoms with van der Waals surface area (Å²) < 4.78 is 87.0. The number of ether oxygens (including phenoxy) is 2. The minimum Gasteiger partial charge on any atom is -0.469 e. The molecule has 6 nitrogen and oxygen atoms in total. The molecule has 0 N–H and O–H groups in total. The van der Waals surface area contributed by atoms with Crippen LogP contribution < -0.4 is 0 Å². The SMILES string of the molecule is COC(=O)CC1(C(=O)OC)CC(CCCC/C=C/c2ccc(C(F)(F)F)cc2C(F)(F)F)=NO1. The van der Waals surface area contributed by atoms with Gasteiger partial charge >= 0.3 is 24.3 Å². The fraction of sp³-hybridized carbons (Fsp3) is 0.500. The normalized spacial score (nSPS) is 18.5. The number of nitrogens with zero attached hydrogens (tertiary/aromatic N) is 1. The Morgan fingerprint density at radius 3 is 2.38 bits per heavy atom. The summed E-state index contributed by atoms with van der Waals surface area (Å²) in [5.41, 5.74) is -4.17. The number of allylic oxidation sites excluding steroid dienone is 1. The Labute approximate surface area is 191 Å². The maximum absolute atomic E-state index is 13.2. The monoisotopic (exact) mass is 495 g/mol. The van der Waals surface area contributed by atoms with Crippen LogP contribution in [-0.2, 0) is 36.3 Å². The van der Waals surface area contributed by atoms with E-state index in [2.05, 4.69) is 9.89 Å². The number of oxime groups is 1. The van der Waals surface area contributed by atoms with Crippen molar-refractivity contribution >= 4 is 23.7 Å². The molecule has 1 heterocycles. The lowest BCUT2D eigenvalue weighted by atomic mass is 9.92. The highest BCUT2D eigenvalue weighted by molar-refractivity contribution is 5.96. The molecule has 0 spiro atoms. The van der Waals surface area contributed by atoms with E-state index < -0.39 is 41.0 Å². The highest BCUT2D eigenvalue weighted by Crippen LogP contribution is 2.38. The quantitative estimate of drug-likeness (QED) is 0.255. The number of carbonyl (C=O) groups is 2. The van der Waals surface area contributed by atoms with Gasteiger partial charge in [0.2, 0.25) is 5.60 Å². The number of esters is 2. The fourth-order valence-corrected chi connectivity index (χ4v) is 3.37. The van der Waals surface area contributed by atoms with Crippen molar-refractivity contribution in [2.45, 2.75) is 56.5 Å². The van der Waals surface area contributed by atoms with Gasteiger partial charge < -0.3 is 14.3 Å². The van der Waals surface area contributed by atoms with Crippen molar-refractivity contribution in [2.75, 3.05) is 14.2 Å². The minimum absolute atomic E-state index is 0.0328. The number of benzene rings is 1. The van der Waals surface area contributed by atoms with Gasteiger partial charge in [0.05, 0.1) is 37.5 Å². The van der Waals surface area contributed by atoms with Crippen molar-refractivity contribution in [2.24, 2.45) is 5.16 Å². The van der Waals surface area contributed by atoms with Crippen molar-refractivity contribution in [3.63, 3.8) is 0 Å². The Balaban J connectivity index is 1.92. The molecule has 0 saturated heterocycles. The summed E-state index contributed by atoms with van der Waals surface area (Å²) in [7, 11) is 2.32. The van der Waals surface area contributed by atoms with E-state index in [1.54, 1.807) is 0 Å². The van der Waals surface area contributed by atoms with Crippen LogP contribution in [0.2, 0.25) is 0 Å². The first-order valence-electron chi connectivity index (χ1n) is 10.2. The average Bonchev–Trinajstić information content (AvgIpc) is 3.17. The maximum Gasteiger partial charge on any atom is 0.417 e. The number of halogens is 6. The van der Waals surface area contributed by atoms with Crippen LogP contribution in [0, 0.1) is 0 Å². The Morgan fingerprint density at radius 2 is 1.79 bits per heavy atom. The number of unbranched alkanes of at least 4 members (excludes halogenated alkanes) is 2. The van der Waals surface area contributed by atoms with Gasteiger partial charge in [-0.2, -0.15) is 26.3 Å². The Bertz CT molecular complexity index is 954. The Morgan fingerprint density at radius 1 is 1.09 bits per heavy atom. The number of hydrogen-bond acceptors (Lipinski definition) is 6. The minimum atomic E-state index is -4.93. The summed E-state index contributed by atoms with van der Waals surface area (Å²) in [4.78, 5) is 28.9. The Kier molecular flexibility index (Phi) is 8.73. The zero-order valence-corrected chi connectivity index (χ0v) is 18.4. The third kappa shape index (κ3) is 6.97. The van der Waals surface area contributed by atoms with E-state index in [1.807, 2.05) is 0 Å². The second kappa shape index (κ2) is 10.9. The van der Waals surface area contributed by atoms with Crippen LogP contribution >= 0.6 is 0 Å². The average molecular weight is 495 g/mol. The van der Waals surface area contributed by atoms with Crippen LogP contribution in [0.3, 0.4) is 0 Å². The van der Waals surface area contributed by atoms with E-state index in [1.165, 1.54) is 13.2 Å². The third-order valence-electron chi connectivity index (χ3n) is 5.12. The van der Waals surface area contributed by atoms with Crippen LogP contribution in [0.5, 0.6) is 0 Å². The van der Waals surface area contributed by atoms with Crippen molar-refractivity contribution in [3.8, 4) is 0 Å². The van der Waals surface area contributed by atoms with Gasteiger partial charge in [0.15, 0.2) is 0 Å². The summed E-state index contributed by atoms with van der Waals surface area (Å²) >= 11 is 0. The molecule has 1 atom stereocenters. The van der Waals surface area contributed by atoms with Gasteiger partial charge in [-0.05, 0) is 43.4 Å². The molecule has 0 amide bonds. The lowest BCUT2D eigenvalue weighted by Gasteiger charge is -2.22. The molecule has 0 bridgehead atoms. The summed E-state index contributed by atoms with van der Waals surface area (Å²) in [5.74, 6) is -1.44. The first kappa shape index (κ1) is 27.2. The number of alkyl halides is 6. The molecule has 0 saturated carbocycles. The largest absolute Gasteiger partial charge is 0.469 e. The fourth-order valence-electron chi connectivity index (χ4n) is 3.37. The topological polar surface area (TPSA) is 74.2 Å². The highest BCUT2D eigenvalue weighted by atomic mass is 19.4. The second-order valence-electron chi connectivity index (χ2n) is 7.61. The molecular formula is C22H23F6NO5. The lowest BCUT2D eigenvalue weighted by molar-refractivity contribution is -0.173. The zero-order valence-electron chi connectivity index (χ0n) is 18.4. The molecule has 188 valence electrons. The van der Waals surface area contributed by atoms with Gasteiger partial charge in [-0.1, -0.05) is 23.4 Å². The zero-order chi connectivity index (χ0) is 25.6. The van der Waals surface area contributed by atoms with Crippen LogP contribution in [0.25, 0.3) is 6.08 Å². The Hall–Kier alpha value is -3.05. The predicted octanol–water partition coefficient (Wildman–Crippen LogP) is 5.55. The summed E-state index contributed by atoms with van der Waals surface area (Å²) in [6.45, 7) is 0. The number of hydrogen-bond donors (Lipinski definition) is 0. The lowest BCUT2D eigenvalue weighted by Crippen LogP contribution is -2.42. The van der Waals surface area contributed by atoms with E-state index in [0.717, 1.165) is 19.3 Å². The molecule has 1 aliphatic heterocycles. The molecule has 2 rings (SSSR count). The number of rotatable bonds is 9. The van der Waals surface area contributed by atoms with Gasteiger partial charge in [0, 0.05) is 6.42 Å². The second-order valence-corrected chi connectivity index (χ2v) is 7.61. The first-order chi connectivity index (χ1) is 15.8. The molecule has 0 radical (unpaired) electrons. The predicted molar refractivity (Wildman–Crippen MR) is 108 cm³/mol. The van der Waals surface area contributed by atoms with Crippen molar-refractivity contribution in [1.82, 2.24) is 0 Å². The van der Waals surface area contributed by atoms with Crippen LogP contribution in [0.4, 0.5) is 26.3 Å². The molecule has 1 aliphatic rings. The highest BCUT2D eigenvalue weighted by Gasteiger charge is 2.49. The first-order valence-corrected chi connectivity index (χ1v) is 10.2. The molecule has 1 aromatic carbocycles. The van der Waals surface area contributed by atoms with E-state index in [0.29, 0.717) is 37.5 Å². The van der Waals surface area contributed by atoms with Crippen molar-refractivity contribution < 1.29 is 50.2 Å². The van der Waals surface area contributed by atoms with Gasteiger partial charge in [-0.25, -0.2) is 4.79 Å². The standard InChI is InChI=1S/C22H23F6NO5/c1-32-18(30)13-20(19(31)33-2)12-16(29-34-20)8-6-4-3-5-7-14-9-10-15(21(23,24)25)11-17(14)22(26,27)28/h5,7,9-11H,3-4,6,8,12-13H2,1-2H3/b7-5+. The smallest absolute Gasteiger partial charge is 0.417 e. The summed E-state index contributed by atoms with van der Waals surface area (Å²) in [5, 5.41) is 3.85. The van der Waals surface area contributed by atoms with Gasteiger partial charge in [0.1, 0.15) is 0 Å². The molecule has 0 fully saturated rings. The third-order valence-corrected chi connectivity index (χ3v) is 5.12.